The summed E-state index contributed by atoms with van der Waals surface area (Å²) in [6.45, 7) is 2.35. The van der Waals surface area contributed by atoms with Gasteiger partial charge in [-0.05, 0) is 56.3 Å². The van der Waals surface area contributed by atoms with E-state index in [0.717, 1.165) is 36.8 Å². The van der Waals surface area contributed by atoms with E-state index in [2.05, 4.69) is 15.5 Å². The zero-order chi connectivity index (χ0) is 19.4. The van der Waals surface area contributed by atoms with Crippen molar-refractivity contribution in [3.8, 4) is 6.07 Å². The standard InChI is InChI=1S/C24H43N3Si/c25-17-10-18-26-23(20-11-4-1-5-12-20)19-27(28)24(26,21-13-6-2-7-14-21)22-15-8-3-9-16-22/h20-23H,1-16,18-19H2,28H3. The van der Waals surface area contributed by atoms with Gasteiger partial charge in [0.1, 0.15) is 0 Å². The van der Waals surface area contributed by atoms with Crippen LogP contribution in [0.3, 0.4) is 0 Å². The van der Waals surface area contributed by atoms with Crippen molar-refractivity contribution < 1.29 is 0 Å². The summed E-state index contributed by atoms with van der Waals surface area (Å²) in [7, 11) is 1.19. The van der Waals surface area contributed by atoms with Gasteiger partial charge < -0.3 is 4.57 Å². The molecule has 3 nitrogen and oxygen atoms in total. The van der Waals surface area contributed by atoms with E-state index in [1.165, 1.54) is 113 Å². The Hall–Kier alpha value is -0.373. The molecule has 4 heteroatoms. The van der Waals surface area contributed by atoms with Crippen LogP contribution in [0.15, 0.2) is 0 Å². The predicted molar refractivity (Wildman–Crippen MR) is 120 cm³/mol. The van der Waals surface area contributed by atoms with Crippen molar-refractivity contribution in [2.24, 2.45) is 17.8 Å². The Bertz CT molecular complexity index is 508. The Kier molecular flexibility index (Phi) is 7.18. The molecule has 1 saturated heterocycles. The first-order valence-electron chi connectivity index (χ1n) is 12.6. The Labute approximate surface area is 176 Å². The van der Waals surface area contributed by atoms with Gasteiger partial charge in [0.2, 0.25) is 0 Å². The second kappa shape index (κ2) is 9.62. The first-order valence-corrected chi connectivity index (χ1v) is 13.5. The maximum absolute atomic E-state index is 9.50. The topological polar surface area (TPSA) is 30.3 Å². The van der Waals surface area contributed by atoms with Gasteiger partial charge in [-0.25, -0.2) is 0 Å². The van der Waals surface area contributed by atoms with Gasteiger partial charge in [-0.15, -0.1) is 0 Å². The van der Waals surface area contributed by atoms with Crippen LogP contribution in [-0.2, 0) is 0 Å². The van der Waals surface area contributed by atoms with Gasteiger partial charge >= 0.3 is 0 Å². The van der Waals surface area contributed by atoms with Gasteiger partial charge in [0, 0.05) is 25.6 Å². The molecule has 0 bridgehead atoms. The highest BCUT2D eigenvalue weighted by molar-refractivity contribution is 6.05. The van der Waals surface area contributed by atoms with Gasteiger partial charge in [0.15, 0.2) is 0 Å². The fourth-order valence-corrected chi connectivity index (χ4v) is 9.29. The monoisotopic (exact) mass is 401 g/mol. The first-order chi connectivity index (χ1) is 13.8. The predicted octanol–water partition coefficient (Wildman–Crippen LogP) is 4.60. The van der Waals surface area contributed by atoms with E-state index in [4.69, 9.17) is 0 Å². The summed E-state index contributed by atoms with van der Waals surface area (Å²) in [5, 5.41) is 9.50. The zero-order valence-corrected chi connectivity index (χ0v) is 20.4. The summed E-state index contributed by atoms with van der Waals surface area (Å²) in [6.07, 6.45) is 22.3. The van der Waals surface area contributed by atoms with Crippen molar-refractivity contribution in [1.29, 1.82) is 5.26 Å². The maximum atomic E-state index is 9.50. The second-order valence-corrected chi connectivity index (χ2v) is 11.5. The van der Waals surface area contributed by atoms with E-state index in [9.17, 15) is 5.26 Å². The van der Waals surface area contributed by atoms with Crippen molar-refractivity contribution >= 4 is 10.4 Å². The summed E-state index contributed by atoms with van der Waals surface area (Å²) in [5.74, 6) is 2.60. The van der Waals surface area contributed by atoms with E-state index in [1.54, 1.807) is 0 Å². The van der Waals surface area contributed by atoms with Crippen molar-refractivity contribution in [3.05, 3.63) is 0 Å². The number of nitrogens with zero attached hydrogens (tertiary/aromatic N) is 3. The average molecular weight is 402 g/mol. The molecule has 4 fully saturated rings. The van der Waals surface area contributed by atoms with E-state index >= 15 is 0 Å². The summed E-state index contributed by atoms with van der Waals surface area (Å²) >= 11 is 0. The molecule has 3 saturated carbocycles. The zero-order valence-electron chi connectivity index (χ0n) is 18.4. The molecule has 0 N–H and O–H groups in total. The number of nitriles is 1. The summed E-state index contributed by atoms with van der Waals surface area (Å²) in [6, 6.07) is 3.26. The molecule has 0 radical (unpaired) electrons. The molecule has 0 spiro atoms. The molecular weight excluding hydrogens is 358 g/mol. The molecule has 3 aliphatic carbocycles. The molecule has 0 aromatic heterocycles. The van der Waals surface area contributed by atoms with Crippen LogP contribution in [0.4, 0.5) is 0 Å². The minimum absolute atomic E-state index is 0.312. The Morgan fingerprint density at radius 1 is 0.786 bits per heavy atom. The SMILES string of the molecule is N#CCCN1C(C2CCCCC2)CN([SiH3])C1(C1CCCCC1)C1CCCCC1. The van der Waals surface area contributed by atoms with Crippen molar-refractivity contribution in [2.45, 2.75) is 114 Å². The third-order valence-electron chi connectivity index (χ3n) is 9.00. The van der Waals surface area contributed by atoms with Gasteiger partial charge in [0.05, 0.1) is 22.1 Å². The Balaban J connectivity index is 1.70. The van der Waals surface area contributed by atoms with E-state index in [0.29, 0.717) is 5.66 Å². The number of hydrogen-bond donors (Lipinski definition) is 0. The van der Waals surface area contributed by atoms with Crippen molar-refractivity contribution in [2.75, 3.05) is 13.1 Å². The second-order valence-electron chi connectivity index (χ2n) is 10.4. The van der Waals surface area contributed by atoms with E-state index in [-0.39, 0.29) is 0 Å². The average Bonchev–Trinajstić information content (AvgIpc) is 3.07. The highest BCUT2D eigenvalue weighted by Gasteiger charge is 2.58. The lowest BCUT2D eigenvalue weighted by atomic mass is 9.68. The normalized spacial score (nSPS) is 31.9. The van der Waals surface area contributed by atoms with E-state index < -0.39 is 0 Å². The molecule has 0 amide bonds. The lowest BCUT2D eigenvalue weighted by molar-refractivity contribution is -0.0890. The van der Waals surface area contributed by atoms with Gasteiger partial charge in [-0.3, -0.25) is 4.90 Å². The molecular formula is C24H43N3Si. The van der Waals surface area contributed by atoms with Gasteiger partial charge in [-0.1, -0.05) is 57.8 Å². The van der Waals surface area contributed by atoms with Gasteiger partial charge in [0.25, 0.3) is 0 Å². The molecule has 0 aromatic rings. The highest BCUT2D eigenvalue weighted by atomic mass is 28.2. The molecule has 1 atom stereocenters. The van der Waals surface area contributed by atoms with Crippen LogP contribution in [0.25, 0.3) is 0 Å². The Morgan fingerprint density at radius 2 is 1.29 bits per heavy atom. The Morgan fingerprint density at radius 3 is 1.79 bits per heavy atom. The number of hydrogen-bond acceptors (Lipinski definition) is 3. The molecule has 28 heavy (non-hydrogen) atoms. The van der Waals surface area contributed by atoms with Crippen LogP contribution in [0.2, 0.25) is 0 Å². The summed E-state index contributed by atoms with van der Waals surface area (Å²) in [5.41, 5.74) is 0.312. The van der Waals surface area contributed by atoms with Crippen LogP contribution in [0, 0.1) is 29.1 Å². The molecule has 4 aliphatic rings. The first kappa shape index (κ1) is 20.9. The third kappa shape index (κ3) is 3.84. The third-order valence-corrected chi connectivity index (χ3v) is 10.1. The lowest BCUT2D eigenvalue weighted by Gasteiger charge is -2.56. The smallest absolute Gasteiger partial charge is 0.0808 e. The molecule has 4 rings (SSSR count). The fourth-order valence-electron chi connectivity index (χ4n) is 7.93. The minimum Gasteiger partial charge on any atom is -0.313 e. The summed E-state index contributed by atoms with van der Waals surface area (Å²) < 4.78 is 2.98. The molecule has 0 aromatic carbocycles. The largest absolute Gasteiger partial charge is 0.313 e. The van der Waals surface area contributed by atoms with Crippen LogP contribution in [-0.4, -0.2) is 44.7 Å². The van der Waals surface area contributed by atoms with Crippen molar-refractivity contribution in [3.63, 3.8) is 0 Å². The van der Waals surface area contributed by atoms with Crippen molar-refractivity contribution in [1.82, 2.24) is 9.47 Å². The van der Waals surface area contributed by atoms with Crippen LogP contribution < -0.4 is 0 Å². The molecule has 1 heterocycles. The summed E-state index contributed by atoms with van der Waals surface area (Å²) in [4.78, 5) is 3.01. The molecule has 1 unspecified atom stereocenters. The number of rotatable bonds is 5. The fraction of sp³-hybridized carbons (Fsp3) is 0.958. The van der Waals surface area contributed by atoms with E-state index in [1.807, 2.05) is 0 Å². The quantitative estimate of drug-likeness (QED) is 0.631. The molecule has 158 valence electrons. The lowest BCUT2D eigenvalue weighted by Crippen LogP contribution is -2.64. The van der Waals surface area contributed by atoms with Crippen LogP contribution >= 0.6 is 0 Å². The highest BCUT2D eigenvalue weighted by Crippen LogP contribution is 2.53. The molecule has 1 aliphatic heterocycles. The van der Waals surface area contributed by atoms with Crippen LogP contribution in [0.1, 0.15) is 103 Å². The minimum atomic E-state index is 0.312. The van der Waals surface area contributed by atoms with Crippen LogP contribution in [0.5, 0.6) is 0 Å². The van der Waals surface area contributed by atoms with Gasteiger partial charge in [-0.2, -0.15) is 5.26 Å². The maximum Gasteiger partial charge on any atom is 0.0808 e.